The summed E-state index contributed by atoms with van der Waals surface area (Å²) in [5.74, 6) is 0.345. The highest BCUT2D eigenvalue weighted by atomic mass is 32.2. The number of sulfone groups is 1. The molecule has 0 radical (unpaired) electrons. The lowest BCUT2D eigenvalue weighted by atomic mass is 10.1. The van der Waals surface area contributed by atoms with Gasteiger partial charge in [-0.2, -0.15) is 0 Å². The fourth-order valence-electron chi connectivity index (χ4n) is 2.52. The zero-order chi connectivity index (χ0) is 15.8. The Bertz CT molecular complexity index is 723. The van der Waals surface area contributed by atoms with Crippen LogP contribution in [0.25, 0.3) is 0 Å². The van der Waals surface area contributed by atoms with Gasteiger partial charge in [0.1, 0.15) is 5.82 Å². The monoisotopic (exact) mass is 313 g/mol. The van der Waals surface area contributed by atoms with Crippen LogP contribution in [0, 0.1) is 13.8 Å². The molecule has 1 aromatic heterocycles. The molecule has 1 unspecified atom stereocenters. The number of H-pyrrole nitrogens is 1. The van der Waals surface area contributed by atoms with Crippen molar-refractivity contribution in [2.45, 2.75) is 32.7 Å². The highest BCUT2D eigenvalue weighted by molar-refractivity contribution is 7.91. The third kappa shape index (κ3) is 3.49. The number of aromatic nitrogens is 2. The molecule has 1 N–H and O–H groups in total. The zero-order valence-electron chi connectivity index (χ0n) is 12.3. The molecule has 0 aliphatic carbocycles. The van der Waals surface area contributed by atoms with Crippen LogP contribution < -0.4 is 5.56 Å². The van der Waals surface area contributed by atoms with Gasteiger partial charge in [0, 0.05) is 24.3 Å². The lowest BCUT2D eigenvalue weighted by Gasteiger charge is -2.23. The van der Waals surface area contributed by atoms with E-state index in [0.717, 1.165) is 0 Å². The highest BCUT2D eigenvalue weighted by Crippen LogP contribution is 2.17. The maximum absolute atomic E-state index is 12.3. The van der Waals surface area contributed by atoms with Gasteiger partial charge in [0.05, 0.1) is 17.9 Å². The van der Waals surface area contributed by atoms with Crippen LogP contribution in [0.4, 0.5) is 0 Å². The van der Waals surface area contributed by atoms with Crippen molar-refractivity contribution >= 4 is 15.7 Å². The molecule has 1 fully saturated rings. The first-order chi connectivity index (χ1) is 9.69. The maximum atomic E-state index is 12.3. The molecule has 1 aromatic rings. The van der Waals surface area contributed by atoms with Crippen LogP contribution in [0.5, 0.6) is 0 Å². The molecule has 116 valence electrons. The first kappa shape index (κ1) is 15.7. The standard InChI is InChI=1S/C13H19N3O4S/c1-8-11(13(18)15-9(2)14-8)6-12(17)16(3)10-4-5-21(19,20)7-10/h10H,4-7H2,1-3H3,(H,14,15,18). The van der Waals surface area contributed by atoms with E-state index >= 15 is 0 Å². The summed E-state index contributed by atoms with van der Waals surface area (Å²) in [4.78, 5) is 32.3. The predicted octanol–water partition coefficient (Wildman–Crippen LogP) is -0.425. The summed E-state index contributed by atoms with van der Waals surface area (Å²) in [5, 5.41) is 0. The molecule has 0 aromatic carbocycles. The first-order valence-electron chi connectivity index (χ1n) is 6.72. The average molecular weight is 313 g/mol. The van der Waals surface area contributed by atoms with Crippen molar-refractivity contribution in [3.8, 4) is 0 Å². The van der Waals surface area contributed by atoms with Crippen LogP contribution in [0.2, 0.25) is 0 Å². The van der Waals surface area contributed by atoms with Crippen LogP contribution in [-0.2, 0) is 21.1 Å². The summed E-state index contributed by atoms with van der Waals surface area (Å²) in [7, 11) is -1.46. The number of aryl methyl sites for hydroxylation is 2. The molecular weight excluding hydrogens is 294 g/mol. The van der Waals surface area contributed by atoms with Gasteiger partial charge in [-0.25, -0.2) is 13.4 Å². The minimum atomic E-state index is -3.04. The molecular formula is C13H19N3O4S. The molecule has 1 saturated heterocycles. The predicted molar refractivity (Wildman–Crippen MR) is 77.9 cm³/mol. The molecule has 1 atom stereocenters. The molecule has 1 amide bonds. The van der Waals surface area contributed by atoms with E-state index in [1.165, 1.54) is 4.90 Å². The van der Waals surface area contributed by atoms with E-state index in [1.807, 2.05) is 0 Å². The summed E-state index contributed by atoms with van der Waals surface area (Å²) in [6, 6.07) is -0.305. The van der Waals surface area contributed by atoms with Gasteiger partial charge in [0.25, 0.3) is 5.56 Å². The van der Waals surface area contributed by atoms with Crippen molar-refractivity contribution in [3.63, 3.8) is 0 Å². The van der Waals surface area contributed by atoms with Crippen molar-refractivity contribution in [3.05, 3.63) is 27.4 Å². The number of carbonyl (C=O) groups is 1. The normalized spacial score (nSPS) is 20.4. The molecule has 8 heteroatoms. The van der Waals surface area contributed by atoms with E-state index in [-0.39, 0.29) is 35.4 Å². The second kappa shape index (κ2) is 5.59. The average Bonchev–Trinajstić information content (AvgIpc) is 2.73. The molecule has 2 heterocycles. The number of hydrogen-bond acceptors (Lipinski definition) is 5. The maximum Gasteiger partial charge on any atom is 0.254 e. The van der Waals surface area contributed by atoms with Crippen LogP contribution in [-0.4, -0.2) is 53.8 Å². The van der Waals surface area contributed by atoms with E-state index in [0.29, 0.717) is 23.5 Å². The Labute approximate surface area is 123 Å². The second-order valence-electron chi connectivity index (χ2n) is 5.45. The quantitative estimate of drug-likeness (QED) is 0.816. The fourth-order valence-corrected chi connectivity index (χ4v) is 4.29. The van der Waals surface area contributed by atoms with Gasteiger partial charge < -0.3 is 9.88 Å². The van der Waals surface area contributed by atoms with Gasteiger partial charge >= 0.3 is 0 Å². The van der Waals surface area contributed by atoms with E-state index in [9.17, 15) is 18.0 Å². The molecule has 0 bridgehead atoms. The lowest BCUT2D eigenvalue weighted by molar-refractivity contribution is -0.130. The Morgan fingerprint density at radius 3 is 2.62 bits per heavy atom. The number of likely N-dealkylation sites (N-methyl/N-ethyl adjacent to an activating group) is 1. The van der Waals surface area contributed by atoms with E-state index < -0.39 is 9.84 Å². The molecule has 0 saturated carbocycles. The van der Waals surface area contributed by atoms with Gasteiger partial charge in [0.15, 0.2) is 9.84 Å². The third-order valence-corrected chi connectivity index (χ3v) is 5.57. The van der Waals surface area contributed by atoms with Crippen molar-refractivity contribution in [2.24, 2.45) is 0 Å². The smallest absolute Gasteiger partial charge is 0.254 e. The Morgan fingerprint density at radius 2 is 2.10 bits per heavy atom. The largest absolute Gasteiger partial charge is 0.341 e. The number of aromatic amines is 1. The van der Waals surface area contributed by atoms with Crippen LogP contribution in [0.15, 0.2) is 4.79 Å². The van der Waals surface area contributed by atoms with Gasteiger partial charge in [-0.3, -0.25) is 9.59 Å². The lowest BCUT2D eigenvalue weighted by Crippen LogP contribution is -2.39. The van der Waals surface area contributed by atoms with E-state index in [1.54, 1.807) is 20.9 Å². The summed E-state index contributed by atoms with van der Waals surface area (Å²) in [6.45, 7) is 3.36. The topological polar surface area (TPSA) is 100 Å². The van der Waals surface area contributed by atoms with Gasteiger partial charge in [-0.05, 0) is 20.3 Å². The Morgan fingerprint density at radius 1 is 1.43 bits per heavy atom. The number of nitrogens with zero attached hydrogens (tertiary/aromatic N) is 2. The Kier molecular flexibility index (Phi) is 4.18. The zero-order valence-corrected chi connectivity index (χ0v) is 13.2. The minimum absolute atomic E-state index is 0.00325. The van der Waals surface area contributed by atoms with Crippen molar-refractivity contribution in [1.82, 2.24) is 14.9 Å². The SMILES string of the molecule is Cc1nc(C)c(CC(=O)N(C)C2CCS(=O)(=O)C2)c(=O)[nH]1. The molecule has 1 aliphatic heterocycles. The molecule has 7 nitrogen and oxygen atoms in total. The number of carbonyl (C=O) groups excluding carboxylic acids is 1. The Balaban J connectivity index is 2.14. The van der Waals surface area contributed by atoms with Crippen molar-refractivity contribution in [2.75, 3.05) is 18.6 Å². The van der Waals surface area contributed by atoms with E-state index in [4.69, 9.17) is 0 Å². The molecule has 21 heavy (non-hydrogen) atoms. The molecule has 1 aliphatic rings. The minimum Gasteiger partial charge on any atom is -0.341 e. The number of nitrogens with one attached hydrogen (secondary N) is 1. The Hall–Kier alpha value is -1.70. The van der Waals surface area contributed by atoms with Crippen molar-refractivity contribution < 1.29 is 13.2 Å². The van der Waals surface area contributed by atoms with Crippen LogP contribution in [0.1, 0.15) is 23.5 Å². The molecule has 0 spiro atoms. The number of amides is 1. The summed E-state index contributed by atoms with van der Waals surface area (Å²) in [6.07, 6.45) is 0.382. The van der Waals surface area contributed by atoms with Gasteiger partial charge in [-0.1, -0.05) is 0 Å². The van der Waals surface area contributed by atoms with Gasteiger partial charge in [0.2, 0.25) is 5.91 Å². The summed E-state index contributed by atoms with van der Waals surface area (Å²) >= 11 is 0. The summed E-state index contributed by atoms with van der Waals surface area (Å²) < 4.78 is 22.9. The highest BCUT2D eigenvalue weighted by Gasteiger charge is 2.32. The van der Waals surface area contributed by atoms with Crippen LogP contribution >= 0.6 is 0 Å². The summed E-state index contributed by atoms with van der Waals surface area (Å²) in [5.41, 5.74) is 0.538. The second-order valence-corrected chi connectivity index (χ2v) is 7.68. The number of rotatable bonds is 3. The first-order valence-corrected chi connectivity index (χ1v) is 8.54. The van der Waals surface area contributed by atoms with Crippen LogP contribution in [0.3, 0.4) is 0 Å². The van der Waals surface area contributed by atoms with Crippen molar-refractivity contribution in [1.29, 1.82) is 0 Å². The number of hydrogen-bond donors (Lipinski definition) is 1. The fraction of sp³-hybridized carbons (Fsp3) is 0.615. The van der Waals surface area contributed by atoms with Gasteiger partial charge in [-0.15, -0.1) is 0 Å². The molecule has 2 rings (SSSR count). The third-order valence-electron chi connectivity index (χ3n) is 3.82. The van der Waals surface area contributed by atoms with E-state index in [2.05, 4.69) is 9.97 Å².